The summed E-state index contributed by atoms with van der Waals surface area (Å²) in [4.78, 5) is 23.6. The average molecular weight is 282 g/mol. The van der Waals surface area contributed by atoms with Gasteiger partial charge in [-0.3, -0.25) is 9.48 Å². The molecule has 1 unspecified atom stereocenters. The third kappa shape index (κ3) is 3.49. The number of carbonyl (C=O) groups is 2. The fraction of sp³-hybridized carbons (Fsp3) is 0.615. The minimum atomic E-state index is -0.622. The molecule has 0 fully saturated rings. The van der Waals surface area contributed by atoms with Crippen molar-refractivity contribution in [1.29, 1.82) is 0 Å². The molecule has 1 aromatic heterocycles. The van der Waals surface area contributed by atoms with Crippen LogP contribution in [-0.4, -0.2) is 34.3 Å². The van der Waals surface area contributed by atoms with Gasteiger partial charge in [0.25, 0.3) is 0 Å². The first-order valence-electron chi connectivity index (χ1n) is 6.46. The largest absolute Gasteiger partial charge is 0.464 e. The lowest BCUT2D eigenvalue weighted by Gasteiger charge is -2.26. The van der Waals surface area contributed by atoms with Gasteiger partial charge in [-0.2, -0.15) is 5.10 Å². The van der Waals surface area contributed by atoms with Crippen LogP contribution >= 0.6 is 0 Å². The predicted octanol–water partition coefficient (Wildman–Crippen LogP) is 1.12. The maximum absolute atomic E-state index is 12.1. The minimum Gasteiger partial charge on any atom is -0.464 e. The van der Waals surface area contributed by atoms with E-state index < -0.39 is 12.0 Å². The van der Waals surface area contributed by atoms with Crippen LogP contribution in [0.15, 0.2) is 6.20 Å². The van der Waals surface area contributed by atoms with E-state index in [0.29, 0.717) is 0 Å². The lowest BCUT2D eigenvalue weighted by Crippen LogP contribution is -2.45. The van der Waals surface area contributed by atoms with Gasteiger partial charge < -0.3 is 15.8 Å². The average Bonchev–Trinajstić information content (AvgIpc) is 2.78. The summed E-state index contributed by atoms with van der Waals surface area (Å²) in [6.07, 6.45) is 2.26. The maximum atomic E-state index is 12.1. The molecule has 0 radical (unpaired) electrons. The van der Waals surface area contributed by atoms with Gasteiger partial charge in [0.1, 0.15) is 6.04 Å². The van der Waals surface area contributed by atoms with E-state index in [1.165, 1.54) is 18.0 Å². The van der Waals surface area contributed by atoms with Crippen LogP contribution in [0.2, 0.25) is 0 Å². The molecule has 112 valence electrons. The number of esters is 1. The third-order valence-electron chi connectivity index (χ3n) is 3.26. The molecule has 3 N–H and O–H groups in total. The molecule has 1 aromatic rings. The second-order valence-corrected chi connectivity index (χ2v) is 5.31. The number of ether oxygens (including phenoxy) is 1. The number of nitrogens with one attached hydrogen (secondary N) is 1. The molecule has 20 heavy (non-hydrogen) atoms. The SMILES string of the molecule is CCC(C)(C)NC(=O)C(C)n1cc(N)c(C(=O)OC)n1. The number of nitrogens with zero attached hydrogens (tertiary/aromatic N) is 2. The Kier molecular flexibility index (Phi) is 4.75. The van der Waals surface area contributed by atoms with Crippen LogP contribution in [0.4, 0.5) is 5.69 Å². The normalized spacial score (nSPS) is 12.8. The van der Waals surface area contributed by atoms with E-state index in [0.717, 1.165) is 6.42 Å². The Morgan fingerprint density at radius 2 is 2.15 bits per heavy atom. The molecule has 1 amide bonds. The van der Waals surface area contributed by atoms with Crippen LogP contribution in [0.25, 0.3) is 0 Å². The summed E-state index contributed by atoms with van der Waals surface area (Å²) < 4.78 is 5.94. The second-order valence-electron chi connectivity index (χ2n) is 5.31. The molecular formula is C13H22N4O3. The Morgan fingerprint density at radius 1 is 1.55 bits per heavy atom. The van der Waals surface area contributed by atoms with Gasteiger partial charge in [-0.1, -0.05) is 6.92 Å². The molecule has 0 spiro atoms. The summed E-state index contributed by atoms with van der Waals surface area (Å²) in [6, 6.07) is -0.568. The number of aromatic nitrogens is 2. The van der Waals surface area contributed by atoms with Crippen LogP contribution in [-0.2, 0) is 9.53 Å². The Bertz CT molecular complexity index is 508. The van der Waals surface area contributed by atoms with E-state index in [1.807, 2.05) is 20.8 Å². The van der Waals surface area contributed by atoms with E-state index in [2.05, 4.69) is 15.2 Å². The fourth-order valence-corrected chi connectivity index (χ4v) is 1.51. The van der Waals surface area contributed by atoms with Crippen molar-refractivity contribution in [3.8, 4) is 0 Å². The number of amides is 1. The van der Waals surface area contributed by atoms with Gasteiger partial charge in [0.15, 0.2) is 5.69 Å². The van der Waals surface area contributed by atoms with Crippen molar-refractivity contribution in [2.24, 2.45) is 0 Å². The molecule has 0 aliphatic rings. The molecule has 7 heteroatoms. The van der Waals surface area contributed by atoms with Gasteiger partial charge in [-0.25, -0.2) is 4.79 Å². The minimum absolute atomic E-state index is 0.0156. The summed E-state index contributed by atoms with van der Waals surface area (Å²) in [5.41, 5.74) is 5.60. The van der Waals surface area contributed by atoms with Gasteiger partial charge in [0, 0.05) is 11.7 Å². The molecular weight excluding hydrogens is 260 g/mol. The highest BCUT2D eigenvalue weighted by Gasteiger charge is 2.25. The highest BCUT2D eigenvalue weighted by Crippen LogP contribution is 2.16. The highest BCUT2D eigenvalue weighted by molar-refractivity contribution is 5.92. The van der Waals surface area contributed by atoms with Crippen LogP contribution in [0, 0.1) is 0 Å². The zero-order chi connectivity index (χ0) is 15.5. The molecule has 1 atom stereocenters. The molecule has 1 heterocycles. The van der Waals surface area contributed by atoms with Crippen molar-refractivity contribution in [3.05, 3.63) is 11.9 Å². The Labute approximate surface area is 118 Å². The Morgan fingerprint density at radius 3 is 2.65 bits per heavy atom. The van der Waals surface area contributed by atoms with E-state index >= 15 is 0 Å². The van der Waals surface area contributed by atoms with Crippen LogP contribution in [0.5, 0.6) is 0 Å². The molecule has 0 aliphatic carbocycles. The van der Waals surface area contributed by atoms with E-state index in [4.69, 9.17) is 5.73 Å². The fourth-order valence-electron chi connectivity index (χ4n) is 1.51. The van der Waals surface area contributed by atoms with E-state index in [-0.39, 0.29) is 22.8 Å². The van der Waals surface area contributed by atoms with Crippen LogP contribution < -0.4 is 11.1 Å². The van der Waals surface area contributed by atoms with Crippen LogP contribution in [0.3, 0.4) is 0 Å². The number of hydrogen-bond donors (Lipinski definition) is 2. The summed E-state index contributed by atoms with van der Waals surface area (Å²) >= 11 is 0. The number of hydrogen-bond acceptors (Lipinski definition) is 5. The van der Waals surface area contributed by atoms with Gasteiger partial charge in [0.2, 0.25) is 5.91 Å². The number of anilines is 1. The Balaban J connectivity index is 2.90. The number of rotatable bonds is 5. The monoisotopic (exact) mass is 282 g/mol. The quantitative estimate of drug-likeness (QED) is 0.788. The number of methoxy groups -OCH3 is 1. The zero-order valence-corrected chi connectivity index (χ0v) is 12.6. The van der Waals surface area contributed by atoms with Crippen molar-refractivity contribution < 1.29 is 14.3 Å². The van der Waals surface area contributed by atoms with E-state index in [9.17, 15) is 9.59 Å². The summed E-state index contributed by atoms with van der Waals surface area (Å²) in [5, 5.41) is 6.93. The van der Waals surface area contributed by atoms with Crippen molar-refractivity contribution in [2.75, 3.05) is 12.8 Å². The molecule has 1 rings (SSSR count). The summed E-state index contributed by atoms with van der Waals surface area (Å²) in [6.45, 7) is 7.56. The molecule has 0 saturated heterocycles. The van der Waals surface area contributed by atoms with Gasteiger partial charge in [-0.15, -0.1) is 0 Å². The third-order valence-corrected chi connectivity index (χ3v) is 3.26. The standard InChI is InChI=1S/C13H22N4O3/c1-6-13(3,4)15-11(18)8(2)17-7-9(14)10(16-17)12(19)20-5/h7-8H,6,14H2,1-5H3,(H,15,18). The molecule has 0 aliphatic heterocycles. The lowest BCUT2D eigenvalue weighted by atomic mass is 10.0. The first kappa shape index (κ1) is 16.0. The van der Waals surface area contributed by atoms with Gasteiger partial charge in [-0.05, 0) is 27.2 Å². The lowest BCUT2D eigenvalue weighted by molar-refractivity contribution is -0.125. The van der Waals surface area contributed by atoms with Crippen molar-refractivity contribution in [3.63, 3.8) is 0 Å². The number of nitrogens with two attached hydrogens (primary N) is 1. The topological polar surface area (TPSA) is 99.2 Å². The highest BCUT2D eigenvalue weighted by atomic mass is 16.5. The van der Waals surface area contributed by atoms with Crippen LogP contribution in [0.1, 0.15) is 50.6 Å². The number of nitrogen functional groups attached to an aromatic ring is 1. The predicted molar refractivity (Wildman–Crippen MR) is 75.2 cm³/mol. The smallest absolute Gasteiger partial charge is 0.360 e. The second kappa shape index (κ2) is 5.94. The Hall–Kier alpha value is -2.05. The van der Waals surface area contributed by atoms with Gasteiger partial charge >= 0.3 is 5.97 Å². The van der Waals surface area contributed by atoms with Crippen molar-refractivity contribution in [2.45, 2.75) is 45.7 Å². The molecule has 0 saturated carbocycles. The van der Waals surface area contributed by atoms with Crippen molar-refractivity contribution in [1.82, 2.24) is 15.1 Å². The maximum Gasteiger partial charge on any atom is 0.360 e. The molecule has 0 aromatic carbocycles. The van der Waals surface area contributed by atoms with Crippen molar-refractivity contribution >= 4 is 17.6 Å². The first-order chi connectivity index (χ1) is 9.21. The summed E-state index contributed by atoms with van der Waals surface area (Å²) in [7, 11) is 1.25. The summed E-state index contributed by atoms with van der Waals surface area (Å²) in [5.74, 6) is -0.807. The zero-order valence-electron chi connectivity index (χ0n) is 12.6. The molecule has 0 bridgehead atoms. The molecule has 7 nitrogen and oxygen atoms in total. The van der Waals surface area contributed by atoms with E-state index in [1.54, 1.807) is 6.92 Å². The van der Waals surface area contributed by atoms with Gasteiger partial charge in [0.05, 0.1) is 12.8 Å². The first-order valence-corrected chi connectivity index (χ1v) is 6.46. The number of carbonyl (C=O) groups excluding carboxylic acids is 2.